The van der Waals surface area contributed by atoms with Gasteiger partial charge in [-0.25, -0.2) is 8.78 Å². The molecule has 0 saturated carbocycles. The normalized spacial score (nSPS) is 18.7. The van der Waals surface area contributed by atoms with Gasteiger partial charge >= 0.3 is 0 Å². The smallest absolute Gasteiger partial charge is 0.273 e. The summed E-state index contributed by atoms with van der Waals surface area (Å²) in [5.74, 6) is -2.64. The van der Waals surface area contributed by atoms with E-state index in [0.717, 1.165) is 11.1 Å². The van der Waals surface area contributed by atoms with Crippen LogP contribution in [-0.4, -0.2) is 0 Å². The van der Waals surface area contributed by atoms with E-state index in [1.54, 1.807) is 6.07 Å². The van der Waals surface area contributed by atoms with Crippen LogP contribution in [0.2, 0.25) is 0 Å². The standard InChI is InChI=1S/C10H11F2N/c11-10(12)4-3-8-2-1-7(6-13)5-9(8)10/h1-2,5H,3-4,6,13H2. The molecule has 70 valence electrons. The zero-order valence-corrected chi connectivity index (χ0v) is 7.19. The predicted octanol–water partition coefficient (Wildman–Crippen LogP) is 2.18. The Morgan fingerprint density at radius 3 is 2.85 bits per heavy atom. The van der Waals surface area contributed by atoms with Crippen molar-refractivity contribution in [2.24, 2.45) is 5.73 Å². The second kappa shape index (κ2) is 2.77. The Bertz CT molecular complexity index is 334. The van der Waals surface area contributed by atoms with Crippen molar-refractivity contribution < 1.29 is 8.78 Å². The summed E-state index contributed by atoms with van der Waals surface area (Å²) in [6, 6.07) is 5.11. The molecule has 0 aromatic heterocycles. The molecule has 3 heteroatoms. The average molecular weight is 183 g/mol. The third-order valence-electron chi connectivity index (χ3n) is 2.51. The molecule has 1 nitrogen and oxygen atoms in total. The first-order valence-electron chi connectivity index (χ1n) is 4.33. The third kappa shape index (κ3) is 1.33. The van der Waals surface area contributed by atoms with Gasteiger partial charge in [0.25, 0.3) is 5.92 Å². The van der Waals surface area contributed by atoms with Crippen molar-refractivity contribution in [1.29, 1.82) is 0 Å². The number of hydrogen-bond acceptors (Lipinski definition) is 1. The highest BCUT2D eigenvalue weighted by molar-refractivity contribution is 5.38. The average Bonchev–Trinajstić information content (AvgIpc) is 2.42. The Balaban J connectivity index is 2.50. The van der Waals surface area contributed by atoms with Crippen molar-refractivity contribution >= 4 is 0 Å². The first kappa shape index (κ1) is 8.63. The minimum absolute atomic E-state index is 0.0592. The summed E-state index contributed by atoms with van der Waals surface area (Å²) in [5.41, 5.74) is 7.11. The lowest BCUT2D eigenvalue weighted by Crippen LogP contribution is -2.08. The fraction of sp³-hybridized carbons (Fsp3) is 0.400. The molecular formula is C10H11F2N. The van der Waals surface area contributed by atoms with E-state index < -0.39 is 5.92 Å². The summed E-state index contributed by atoms with van der Waals surface area (Å²) in [7, 11) is 0. The van der Waals surface area contributed by atoms with Crippen LogP contribution in [0, 0.1) is 0 Å². The third-order valence-corrected chi connectivity index (χ3v) is 2.51. The Morgan fingerprint density at radius 1 is 1.38 bits per heavy atom. The van der Waals surface area contributed by atoms with E-state index in [9.17, 15) is 8.78 Å². The van der Waals surface area contributed by atoms with Crippen LogP contribution in [0.5, 0.6) is 0 Å². The Hall–Kier alpha value is -0.960. The Morgan fingerprint density at radius 2 is 2.15 bits per heavy atom. The van der Waals surface area contributed by atoms with Crippen molar-refractivity contribution in [2.75, 3.05) is 0 Å². The van der Waals surface area contributed by atoms with Gasteiger partial charge < -0.3 is 5.73 Å². The number of rotatable bonds is 1. The van der Waals surface area contributed by atoms with Gasteiger partial charge in [-0.2, -0.15) is 0 Å². The summed E-state index contributed by atoms with van der Waals surface area (Å²) in [5, 5.41) is 0. The van der Waals surface area contributed by atoms with Crippen LogP contribution >= 0.6 is 0 Å². The monoisotopic (exact) mass is 183 g/mol. The summed E-state index contributed by atoms with van der Waals surface area (Å²) in [4.78, 5) is 0. The molecule has 0 aliphatic heterocycles. The van der Waals surface area contributed by atoms with E-state index in [1.165, 1.54) is 6.07 Å². The van der Waals surface area contributed by atoms with Gasteiger partial charge in [0, 0.05) is 18.5 Å². The maximum Gasteiger partial charge on any atom is 0.273 e. The van der Waals surface area contributed by atoms with Crippen molar-refractivity contribution in [2.45, 2.75) is 25.3 Å². The molecule has 0 amide bonds. The van der Waals surface area contributed by atoms with Gasteiger partial charge in [0.1, 0.15) is 0 Å². The molecule has 0 heterocycles. The van der Waals surface area contributed by atoms with Crippen LogP contribution in [0.15, 0.2) is 18.2 Å². The highest BCUT2D eigenvalue weighted by Gasteiger charge is 2.38. The molecule has 1 aliphatic rings. The minimum atomic E-state index is -2.64. The van der Waals surface area contributed by atoms with Gasteiger partial charge in [0.05, 0.1) is 0 Å². The number of halogens is 2. The maximum atomic E-state index is 13.2. The highest BCUT2D eigenvalue weighted by atomic mass is 19.3. The number of fused-ring (bicyclic) bond motifs is 1. The second-order valence-electron chi connectivity index (χ2n) is 3.40. The second-order valence-corrected chi connectivity index (χ2v) is 3.40. The van der Waals surface area contributed by atoms with E-state index in [2.05, 4.69) is 0 Å². The lowest BCUT2D eigenvalue weighted by molar-refractivity contribution is -0.00189. The minimum Gasteiger partial charge on any atom is -0.326 e. The van der Waals surface area contributed by atoms with Crippen molar-refractivity contribution in [3.63, 3.8) is 0 Å². The SMILES string of the molecule is NCc1ccc2c(c1)C(F)(F)CC2. The van der Waals surface area contributed by atoms with Gasteiger partial charge in [-0.15, -0.1) is 0 Å². The molecule has 0 atom stereocenters. The lowest BCUT2D eigenvalue weighted by atomic mass is 10.1. The molecule has 0 fully saturated rings. The van der Waals surface area contributed by atoms with Crippen LogP contribution in [0.3, 0.4) is 0 Å². The molecule has 2 N–H and O–H groups in total. The first-order valence-corrected chi connectivity index (χ1v) is 4.33. The summed E-state index contributed by atoms with van der Waals surface area (Å²) < 4.78 is 26.4. The lowest BCUT2D eigenvalue weighted by Gasteiger charge is -2.10. The highest BCUT2D eigenvalue weighted by Crippen LogP contribution is 2.41. The number of nitrogens with two attached hydrogens (primary N) is 1. The van der Waals surface area contributed by atoms with Crippen LogP contribution in [0.1, 0.15) is 23.1 Å². The fourth-order valence-corrected chi connectivity index (χ4v) is 1.74. The molecule has 0 bridgehead atoms. The first-order chi connectivity index (χ1) is 6.13. The van der Waals surface area contributed by atoms with Gasteiger partial charge in [0.2, 0.25) is 0 Å². The summed E-state index contributed by atoms with van der Waals surface area (Å²) >= 11 is 0. The van der Waals surface area contributed by atoms with Crippen LogP contribution in [0.4, 0.5) is 8.78 Å². The summed E-state index contributed by atoms with van der Waals surface area (Å²) in [6.45, 7) is 0.323. The van der Waals surface area contributed by atoms with Crippen molar-refractivity contribution in [3.05, 3.63) is 34.9 Å². The molecule has 0 unspecified atom stereocenters. The topological polar surface area (TPSA) is 26.0 Å². The molecule has 1 aromatic carbocycles. The molecular weight excluding hydrogens is 172 g/mol. The van der Waals surface area contributed by atoms with Gasteiger partial charge in [-0.05, 0) is 23.6 Å². The summed E-state index contributed by atoms with van der Waals surface area (Å²) in [6.07, 6.45) is 0.420. The molecule has 13 heavy (non-hydrogen) atoms. The van der Waals surface area contributed by atoms with Crippen LogP contribution in [0.25, 0.3) is 0 Å². The van der Waals surface area contributed by atoms with E-state index >= 15 is 0 Å². The fourth-order valence-electron chi connectivity index (χ4n) is 1.74. The van der Waals surface area contributed by atoms with Gasteiger partial charge in [-0.3, -0.25) is 0 Å². The molecule has 0 radical (unpaired) electrons. The number of aryl methyl sites for hydroxylation is 1. The number of benzene rings is 1. The molecule has 1 aliphatic carbocycles. The zero-order chi connectivity index (χ0) is 9.47. The zero-order valence-electron chi connectivity index (χ0n) is 7.19. The maximum absolute atomic E-state index is 13.2. The molecule has 0 spiro atoms. The van der Waals surface area contributed by atoms with Crippen LogP contribution < -0.4 is 5.73 Å². The Kier molecular flexibility index (Phi) is 1.84. The van der Waals surface area contributed by atoms with Crippen molar-refractivity contribution in [3.8, 4) is 0 Å². The van der Waals surface area contributed by atoms with Gasteiger partial charge in [0.15, 0.2) is 0 Å². The molecule has 2 rings (SSSR count). The molecule has 1 aromatic rings. The predicted molar refractivity (Wildman–Crippen MR) is 46.5 cm³/mol. The molecule has 0 saturated heterocycles. The van der Waals surface area contributed by atoms with Crippen LogP contribution in [-0.2, 0) is 18.9 Å². The van der Waals surface area contributed by atoms with Crippen molar-refractivity contribution in [1.82, 2.24) is 0 Å². The number of hydrogen-bond donors (Lipinski definition) is 1. The van der Waals surface area contributed by atoms with E-state index in [0.29, 0.717) is 13.0 Å². The van der Waals surface area contributed by atoms with E-state index in [-0.39, 0.29) is 12.0 Å². The van der Waals surface area contributed by atoms with E-state index in [1.807, 2.05) is 6.07 Å². The van der Waals surface area contributed by atoms with E-state index in [4.69, 9.17) is 5.73 Å². The number of alkyl halides is 2. The Labute approximate surface area is 75.6 Å². The van der Waals surface area contributed by atoms with Gasteiger partial charge in [-0.1, -0.05) is 12.1 Å². The largest absolute Gasteiger partial charge is 0.326 e. The quantitative estimate of drug-likeness (QED) is 0.709.